The topological polar surface area (TPSA) is 102 Å². The minimum absolute atomic E-state index is 0. The van der Waals surface area contributed by atoms with Gasteiger partial charge in [0.1, 0.15) is 0 Å². The molecule has 0 N–H and O–H groups in total. The van der Waals surface area contributed by atoms with Crippen LogP contribution in [0.2, 0.25) is 0 Å². The Kier molecular flexibility index (Phi) is 30.1. The minimum Gasteiger partial charge on any atom is -0.846 e. The Labute approximate surface area is 482 Å². The van der Waals surface area contributed by atoms with Gasteiger partial charge in [0.15, 0.2) is 0 Å². The summed E-state index contributed by atoms with van der Waals surface area (Å²) in [4.78, 5) is 16.0. The van der Waals surface area contributed by atoms with Gasteiger partial charge in [-0.1, -0.05) is 152 Å². The van der Waals surface area contributed by atoms with Crippen molar-refractivity contribution in [3.8, 4) is 33.8 Å². The summed E-state index contributed by atoms with van der Waals surface area (Å²) in [6, 6.07) is 35.8. The second-order valence-electron chi connectivity index (χ2n) is 20.2. The van der Waals surface area contributed by atoms with E-state index in [0.29, 0.717) is 0 Å². The van der Waals surface area contributed by atoms with Gasteiger partial charge in [0, 0.05) is 52.9 Å². The molecule has 0 amide bonds. The molecule has 0 unspecified atom stereocenters. The fourth-order valence-corrected chi connectivity index (χ4v) is 9.75. The van der Waals surface area contributed by atoms with Crippen LogP contribution >= 0.6 is 0 Å². The van der Waals surface area contributed by atoms with Gasteiger partial charge in [-0.05, 0) is 171 Å². The fourth-order valence-electron chi connectivity index (χ4n) is 9.75. The van der Waals surface area contributed by atoms with Crippen LogP contribution in [0.5, 0.6) is 0 Å². The first-order valence-corrected chi connectivity index (χ1v) is 27.0. The average molecular weight is 1070 g/mol. The number of hydrogen-bond donors (Lipinski definition) is 0. The molecule has 2 aliphatic heterocycles. The van der Waals surface area contributed by atoms with Gasteiger partial charge >= 0.3 is 35.9 Å². The molecule has 1 radical (unpaired) electrons. The van der Waals surface area contributed by atoms with Crippen LogP contribution in [0.1, 0.15) is 147 Å². The first kappa shape index (κ1) is 67.7. The van der Waals surface area contributed by atoms with Crippen molar-refractivity contribution < 1.29 is 60.0 Å². The molecule has 8 nitrogen and oxygen atoms in total. The number of rotatable bonds is 11. The zero-order chi connectivity index (χ0) is 54.4. The van der Waals surface area contributed by atoms with Crippen LogP contribution in [0.3, 0.4) is 0 Å². The summed E-state index contributed by atoms with van der Waals surface area (Å²) in [5.41, 5.74) is 20.0. The van der Waals surface area contributed by atoms with E-state index < -0.39 is 11.0 Å². The SMILES string of the molecule is C1CCOC1.C1CCOC1.CC(C)([O-])c1ccccc1.CCOCC.CCOCC.Cc1cc(C)c(-c2ccc(C(C)(c3ccc(-c4c(C)cc(C)cc4C)[n-]3)c3ccc(-c4c(C)cc(C)cc4C)[n-]3)[n-]2)c(C)c1.[Fe+3].[Li+]. The average Bonchev–Trinajstić information content (AvgIpc) is 4.21. The molecule has 0 spiro atoms. The summed E-state index contributed by atoms with van der Waals surface area (Å²) in [5, 5.41) is 11.3. The first-order valence-electron chi connectivity index (χ1n) is 27.0. The third kappa shape index (κ3) is 19.8. The zero-order valence-corrected chi connectivity index (χ0v) is 50.6. The molecule has 9 rings (SSSR count). The summed E-state index contributed by atoms with van der Waals surface area (Å²) in [6.07, 6.45) is 5.11. The fraction of sp³-hybridized carbons (Fsp3) is 0.455. The van der Waals surface area contributed by atoms with Crippen molar-refractivity contribution in [3.05, 3.63) is 176 Å². The summed E-state index contributed by atoms with van der Waals surface area (Å²) in [6.45, 7) is 40.4. The maximum absolute atomic E-state index is 11.3. The van der Waals surface area contributed by atoms with Crippen molar-refractivity contribution in [2.24, 2.45) is 0 Å². The molecule has 4 aromatic carbocycles. The molecule has 0 atom stereocenters. The van der Waals surface area contributed by atoms with Crippen molar-refractivity contribution >= 4 is 0 Å². The minimum atomic E-state index is -0.957. The molecule has 0 bridgehead atoms. The maximum atomic E-state index is 11.3. The van der Waals surface area contributed by atoms with E-state index in [4.69, 9.17) is 33.9 Å². The quantitative estimate of drug-likeness (QED) is 0.118. The number of benzene rings is 4. The molecule has 2 aliphatic rings. The van der Waals surface area contributed by atoms with Gasteiger partial charge in [-0.15, -0.1) is 34.2 Å². The van der Waals surface area contributed by atoms with E-state index in [1.165, 1.54) is 92.4 Å². The molecular formula is C66H89FeLiN3O5. The van der Waals surface area contributed by atoms with Gasteiger partial charge in [-0.3, -0.25) is 0 Å². The number of nitrogens with zero attached hydrogens (tertiary/aromatic N) is 3. The molecule has 76 heavy (non-hydrogen) atoms. The van der Waals surface area contributed by atoms with Crippen molar-refractivity contribution in [2.75, 3.05) is 52.9 Å². The molecule has 2 fully saturated rings. The molecule has 2 saturated heterocycles. The largest absolute Gasteiger partial charge is 3.00 e. The van der Waals surface area contributed by atoms with E-state index >= 15 is 0 Å². The Morgan fingerprint density at radius 1 is 0.434 bits per heavy atom. The monoisotopic (exact) mass is 1070 g/mol. The van der Waals surface area contributed by atoms with Crippen LogP contribution in [0.25, 0.3) is 33.8 Å². The predicted molar refractivity (Wildman–Crippen MR) is 308 cm³/mol. The number of aromatic nitrogens is 3. The van der Waals surface area contributed by atoms with E-state index in [1.807, 2.05) is 58.0 Å². The molecule has 407 valence electrons. The van der Waals surface area contributed by atoms with E-state index in [2.05, 4.69) is 142 Å². The van der Waals surface area contributed by atoms with E-state index in [1.54, 1.807) is 13.8 Å². The standard InChI is InChI=1S/C41H42N3.C9H11O.2C4H8O.2C4H10O.Fe.Li/c1-23-17-26(4)38(27(5)18-23)32-11-14-35(42-32)41(10,36-15-12-33(43-36)39-28(6)19-24(2)20-29(39)7)37-16-13-34(44-37)40-30(8)21-25(3)22-31(40)9;1-9(2,10)8-6-4-3-5-7-8;2*1-2-4-5-3-1;2*1-3-5-4-2;;/h11-22H,1-10H3;3-7H,1-2H3;2*1-4H2;2*3-4H2,1-2H3;;/q-3;-1;;;;;+3;+1. The Morgan fingerprint density at radius 3 is 0.882 bits per heavy atom. The smallest absolute Gasteiger partial charge is 0.846 e. The summed E-state index contributed by atoms with van der Waals surface area (Å²) in [5.74, 6) is 0. The normalized spacial score (nSPS) is 12.6. The Bertz CT molecular complexity index is 2400. The number of hydrogen-bond acceptors (Lipinski definition) is 5. The molecule has 0 saturated carbocycles. The Hall–Kier alpha value is -4.36. The van der Waals surface area contributed by atoms with Gasteiger partial charge in [-0.2, -0.15) is 0 Å². The molecule has 10 heteroatoms. The van der Waals surface area contributed by atoms with Crippen LogP contribution in [-0.4, -0.2) is 52.9 Å². The third-order valence-electron chi connectivity index (χ3n) is 13.2. The van der Waals surface area contributed by atoms with Crippen LogP contribution in [-0.2, 0) is 47.0 Å². The van der Waals surface area contributed by atoms with Crippen molar-refractivity contribution in [1.29, 1.82) is 0 Å². The van der Waals surface area contributed by atoms with Gasteiger partial charge in [0.2, 0.25) is 0 Å². The Balaban J connectivity index is 0.000000497. The van der Waals surface area contributed by atoms with Gasteiger partial charge in [-0.25, -0.2) is 0 Å². The molecule has 0 aliphatic carbocycles. The van der Waals surface area contributed by atoms with Crippen molar-refractivity contribution in [3.63, 3.8) is 0 Å². The zero-order valence-electron chi connectivity index (χ0n) is 49.5. The van der Waals surface area contributed by atoms with Gasteiger partial charge in [0.05, 0.1) is 0 Å². The summed E-state index contributed by atoms with van der Waals surface area (Å²) >= 11 is 0. The maximum Gasteiger partial charge on any atom is 3.00 e. The first-order chi connectivity index (χ1) is 35.3. The number of ether oxygens (including phenoxy) is 4. The van der Waals surface area contributed by atoms with E-state index in [9.17, 15) is 5.11 Å². The van der Waals surface area contributed by atoms with Crippen molar-refractivity contribution in [1.82, 2.24) is 15.0 Å². The van der Waals surface area contributed by atoms with Gasteiger partial charge in [0.25, 0.3) is 0 Å². The molecule has 5 heterocycles. The number of aryl methyl sites for hydroxylation is 9. The summed E-state index contributed by atoms with van der Waals surface area (Å²) < 4.78 is 19.6. The second kappa shape index (κ2) is 33.8. The predicted octanol–water partition coefficient (Wildman–Crippen LogP) is 11.7. The second-order valence-corrected chi connectivity index (χ2v) is 20.2. The third-order valence-corrected chi connectivity index (χ3v) is 13.2. The van der Waals surface area contributed by atoms with Crippen molar-refractivity contribution in [2.45, 2.75) is 147 Å². The Morgan fingerprint density at radius 2 is 0.697 bits per heavy atom. The van der Waals surface area contributed by atoms with Crippen LogP contribution in [0.4, 0.5) is 0 Å². The van der Waals surface area contributed by atoms with Crippen LogP contribution in [0, 0.1) is 62.3 Å². The van der Waals surface area contributed by atoms with E-state index in [-0.39, 0.29) is 35.9 Å². The van der Waals surface area contributed by atoms with E-state index in [0.717, 1.165) is 92.6 Å². The van der Waals surface area contributed by atoms with Crippen LogP contribution in [0.15, 0.2) is 103 Å². The molecular weight excluding hydrogens is 978 g/mol. The van der Waals surface area contributed by atoms with Gasteiger partial charge < -0.3 is 39.0 Å². The molecule has 7 aromatic rings. The molecule has 3 aromatic heterocycles. The van der Waals surface area contributed by atoms with Crippen LogP contribution < -0.4 is 38.9 Å². The summed E-state index contributed by atoms with van der Waals surface area (Å²) in [7, 11) is 0.